The van der Waals surface area contributed by atoms with E-state index in [1.807, 2.05) is 0 Å². The third kappa shape index (κ3) is 11.7. The van der Waals surface area contributed by atoms with Crippen molar-refractivity contribution >= 4 is 5.91 Å². The first-order chi connectivity index (χ1) is 8.20. The maximum atomic E-state index is 11.4. The molecule has 1 unspecified atom stereocenters. The van der Waals surface area contributed by atoms with E-state index in [0.29, 0.717) is 6.42 Å². The third-order valence-electron chi connectivity index (χ3n) is 3.12. The van der Waals surface area contributed by atoms with Crippen LogP contribution in [0.5, 0.6) is 0 Å². The molecule has 0 aromatic carbocycles. The van der Waals surface area contributed by atoms with Gasteiger partial charge in [-0.15, -0.1) is 0 Å². The molecule has 0 fully saturated rings. The highest BCUT2D eigenvalue weighted by Crippen LogP contribution is 2.06. The lowest BCUT2D eigenvalue weighted by Crippen LogP contribution is -2.29. The molecule has 0 aromatic heterocycles. The fourth-order valence-electron chi connectivity index (χ4n) is 1.76. The van der Waals surface area contributed by atoms with Gasteiger partial charge in [-0.2, -0.15) is 0 Å². The lowest BCUT2D eigenvalue weighted by Gasteiger charge is -2.09. The van der Waals surface area contributed by atoms with E-state index in [1.54, 1.807) is 0 Å². The number of rotatable bonds is 11. The molecule has 0 saturated heterocycles. The molecule has 0 aromatic rings. The number of hydrogen-bond acceptors (Lipinski definition) is 2. The largest absolute Gasteiger partial charge is 0.356 e. The van der Waals surface area contributed by atoms with E-state index >= 15 is 0 Å². The van der Waals surface area contributed by atoms with Crippen molar-refractivity contribution in [1.82, 2.24) is 5.32 Å². The summed E-state index contributed by atoms with van der Waals surface area (Å²) in [5.74, 6) is 0.184. The number of unbranched alkanes of at least 4 members (excludes halogenated alkanes) is 5. The summed E-state index contributed by atoms with van der Waals surface area (Å²) in [5.41, 5.74) is 5.78. The van der Waals surface area contributed by atoms with Gasteiger partial charge >= 0.3 is 0 Å². The summed E-state index contributed by atoms with van der Waals surface area (Å²) in [7, 11) is 0. The summed E-state index contributed by atoms with van der Waals surface area (Å²) in [5, 5.41) is 2.93. The minimum atomic E-state index is 0.184. The first-order valence-corrected chi connectivity index (χ1v) is 7.23. The minimum absolute atomic E-state index is 0.184. The van der Waals surface area contributed by atoms with Gasteiger partial charge in [0.15, 0.2) is 0 Å². The van der Waals surface area contributed by atoms with Gasteiger partial charge in [-0.3, -0.25) is 4.79 Å². The fourth-order valence-corrected chi connectivity index (χ4v) is 1.76. The van der Waals surface area contributed by atoms with Gasteiger partial charge in [0.05, 0.1) is 0 Å². The summed E-state index contributed by atoms with van der Waals surface area (Å²) in [6, 6.07) is 0.226. The Morgan fingerprint density at radius 1 is 1.12 bits per heavy atom. The van der Waals surface area contributed by atoms with E-state index in [2.05, 4.69) is 19.2 Å². The molecule has 0 aliphatic heterocycles. The molecule has 3 nitrogen and oxygen atoms in total. The highest BCUT2D eigenvalue weighted by molar-refractivity contribution is 5.75. The zero-order chi connectivity index (χ0) is 12.9. The molecule has 102 valence electrons. The Hall–Kier alpha value is -0.570. The number of hydrogen-bond donors (Lipinski definition) is 2. The molecule has 3 heteroatoms. The normalized spacial score (nSPS) is 12.4. The molecule has 0 radical (unpaired) electrons. The van der Waals surface area contributed by atoms with Crippen LogP contribution < -0.4 is 11.1 Å². The topological polar surface area (TPSA) is 55.1 Å². The van der Waals surface area contributed by atoms with Gasteiger partial charge in [-0.25, -0.2) is 0 Å². The summed E-state index contributed by atoms with van der Waals surface area (Å²) in [6.07, 6.45) is 9.92. The van der Waals surface area contributed by atoms with Gasteiger partial charge in [0.2, 0.25) is 5.91 Å². The van der Waals surface area contributed by atoms with E-state index < -0.39 is 0 Å². The molecule has 0 aliphatic rings. The quantitative estimate of drug-likeness (QED) is 0.547. The van der Waals surface area contributed by atoms with Crippen molar-refractivity contribution in [3.63, 3.8) is 0 Å². The molecule has 17 heavy (non-hydrogen) atoms. The number of carbonyl (C=O) groups excluding carboxylic acids is 1. The monoisotopic (exact) mass is 242 g/mol. The van der Waals surface area contributed by atoms with Gasteiger partial charge in [-0.1, -0.05) is 46.0 Å². The predicted molar refractivity (Wildman–Crippen MR) is 73.9 cm³/mol. The fraction of sp³-hybridized carbons (Fsp3) is 0.929. The summed E-state index contributed by atoms with van der Waals surface area (Å²) >= 11 is 0. The van der Waals surface area contributed by atoms with Crippen LogP contribution in [0.4, 0.5) is 0 Å². The molecule has 0 heterocycles. The summed E-state index contributed by atoms with van der Waals surface area (Å²) < 4.78 is 0. The van der Waals surface area contributed by atoms with Crippen molar-refractivity contribution in [3.8, 4) is 0 Å². The molecular weight excluding hydrogens is 212 g/mol. The number of nitrogens with one attached hydrogen (secondary N) is 1. The van der Waals surface area contributed by atoms with Crippen LogP contribution in [-0.2, 0) is 4.79 Å². The van der Waals surface area contributed by atoms with Crippen molar-refractivity contribution in [2.24, 2.45) is 5.73 Å². The van der Waals surface area contributed by atoms with Crippen LogP contribution in [0, 0.1) is 0 Å². The molecule has 3 N–H and O–H groups in total. The van der Waals surface area contributed by atoms with E-state index in [4.69, 9.17) is 5.73 Å². The standard InChI is InChI=1S/C14H30N2O/c1-3-5-6-7-8-9-10-14(17)16-12-11-13(15)4-2/h13H,3-12,15H2,1-2H3,(H,16,17). The Morgan fingerprint density at radius 3 is 2.41 bits per heavy atom. The van der Waals surface area contributed by atoms with Gasteiger partial charge in [0.1, 0.15) is 0 Å². The van der Waals surface area contributed by atoms with Gasteiger partial charge in [0.25, 0.3) is 0 Å². The lowest BCUT2D eigenvalue weighted by molar-refractivity contribution is -0.121. The third-order valence-corrected chi connectivity index (χ3v) is 3.12. The minimum Gasteiger partial charge on any atom is -0.356 e. The molecule has 1 amide bonds. The van der Waals surface area contributed by atoms with Crippen molar-refractivity contribution in [3.05, 3.63) is 0 Å². The summed E-state index contributed by atoms with van der Waals surface area (Å²) in [6.45, 7) is 5.01. The van der Waals surface area contributed by atoms with Gasteiger partial charge in [-0.05, 0) is 19.3 Å². The molecular formula is C14H30N2O. The Bertz CT molecular complexity index is 183. The van der Waals surface area contributed by atoms with Crippen LogP contribution in [-0.4, -0.2) is 18.5 Å². The van der Waals surface area contributed by atoms with E-state index in [0.717, 1.165) is 25.8 Å². The van der Waals surface area contributed by atoms with Crippen LogP contribution in [0.2, 0.25) is 0 Å². The highest BCUT2D eigenvalue weighted by Gasteiger charge is 2.02. The van der Waals surface area contributed by atoms with Crippen molar-refractivity contribution in [2.75, 3.05) is 6.54 Å². The van der Waals surface area contributed by atoms with E-state index in [9.17, 15) is 4.79 Å². The molecule has 0 bridgehead atoms. The zero-order valence-electron chi connectivity index (χ0n) is 11.6. The number of carbonyl (C=O) groups is 1. The van der Waals surface area contributed by atoms with Gasteiger partial charge in [0, 0.05) is 19.0 Å². The molecule has 0 aliphatic carbocycles. The van der Waals surface area contributed by atoms with Crippen LogP contribution >= 0.6 is 0 Å². The van der Waals surface area contributed by atoms with Crippen LogP contribution in [0.1, 0.15) is 71.6 Å². The maximum Gasteiger partial charge on any atom is 0.219 e. The molecule has 0 rings (SSSR count). The molecule has 1 atom stereocenters. The zero-order valence-corrected chi connectivity index (χ0v) is 11.6. The van der Waals surface area contributed by atoms with Crippen molar-refractivity contribution in [1.29, 1.82) is 0 Å². The van der Waals surface area contributed by atoms with Crippen molar-refractivity contribution in [2.45, 2.75) is 77.7 Å². The second-order valence-corrected chi connectivity index (χ2v) is 4.82. The smallest absolute Gasteiger partial charge is 0.219 e. The molecule has 0 spiro atoms. The highest BCUT2D eigenvalue weighted by atomic mass is 16.1. The average Bonchev–Trinajstić information content (AvgIpc) is 2.33. The van der Waals surface area contributed by atoms with Crippen LogP contribution in [0.25, 0.3) is 0 Å². The predicted octanol–water partition coefficient (Wildman–Crippen LogP) is 2.98. The first kappa shape index (κ1) is 16.4. The Morgan fingerprint density at radius 2 is 1.76 bits per heavy atom. The Balaban J connectivity index is 3.23. The first-order valence-electron chi connectivity index (χ1n) is 7.23. The second kappa shape index (κ2) is 11.9. The maximum absolute atomic E-state index is 11.4. The SMILES string of the molecule is CCCCCCCCC(=O)NCCC(N)CC. The van der Waals surface area contributed by atoms with Crippen molar-refractivity contribution < 1.29 is 4.79 Å². The van der Waals surface area contributed by atoms with E-state index in [-0.39, 0.29) is 11.9 Å². The lowest BCUT2D eigenvalue weighted by atomic mass is 10.1. The number of nitrogens with two attached hydrogens (primary N) is 1. The summed E-state index contributed by atoms with van der Waals surface area (Å²) in [4.78, 5) is 11.4. The second-order valence-electron chi connectivity index (χ2n) is 4.82. The molecule has 0 saturated carbocycles. The Kier molecular flexibility index (Phi) is 11.5. The van der Waals surface area contributed by atoms with E-state index in [1.165, 1.54) is 32.1 Å². The number of amides is 1. The average molecular weight is 242 g/mol. The Labute approximate surface area is 107 Å². The van der Waals surface area contributed by atoms with Crippen LogP contribution in [0.3, 0.4) is 0 Å². The van der Waals surface area contributed by atoms with Gasteiger partial charge < -0.3 is 11.1 Å². The van der Waals surface area contributed by atoms with Crippen LogP contribution in [0.15, 0.2) is 0 Å².